The molecular weight excluding hydrogens is 254 g/mol. The third-order valence-electron chi connectivity index (χ3n) is 4.75. The van der Waals surface area contributed by atoms with Crippen LogP contribution in [0.1, 0.15) is 31.2 Å². The van der Waals surface area contributed by atoms with Crippen molar-refractivity contribution in [3.63, 3.8) is 0 Å². The predicted molar refractivity (Wildman–Crippen MR) is 73.3 cm³/mol. The summed E-state index contributed by atoms with van der Waals surface area (Å²) in [5.74, 6) is -0.313. The van der Waals surface area contributed by atoms with Crippen LogP contribution in [0, 0.1) is 0 Å². The maximum Gasteiger partial charge on any atom is 0.313 e. The first-order chi connectivity index (χ1) is 9.72. The number of carbonyl (C=O) groups is 1. The van der Waals surface area contributed by atoms with E-state index in [2.05, 4.69) is 5.32 Å². The van der Waals surface area contributed by atoms with Gasteiger partial charge in [0.2, 0.25) is 0 Å². The lowest BCUT2D eigenvalue weighted by Crippen LogP contribution is -2.46. The van der Waals surface area contributed by atoms with Crippen LogP contribution in [0.25, 0.3) is 0 Å². The Kier molecular flexibility index (Phi) is 2.82. The molecule has 4 nitrogen and oxygen atoms in total. The van der Waals surface area contributed by atoms with Crippen molar-refractivity contribution in [2.24, 2.45) is 0 Å². The van der Waals surface area contributed by atoms with Crippen LogP contribution in [0.4, 0.5) is 0 Å². The number of fused-ring (bicyclic) bond motifs is 5. The first kappa shape index (κ1) is 12.4. The number of nitrogens with one attached hydrogen (secondary N) is 1. The second-order valence-electron chi connectivity index (χ2n) is 6.11. The molecule has 106 valence electrons. The normalized spacial score (nSPS) is 39.0. The Morgan fingerprint density at radius 3 is 2.55 bits per heavy atom. The van der Waals surface area contributed by atoms with E-state index in [0.717, 1.165) is 18.4 Å². The lowest BCUT2D eigenvalue weighted by Gasteiger charge is -2.31. The number of epoxide rings is 1. The van der Waals surface area contributed by atoms with Crippen LogP contribution >= 0.6 is 0 Å². The number of hydrogen-bond donors (Lipinski definition) is 1. The molecular formula is C16H19NO3. The van der Waals surface area contributed by atoms with E-state index in [-0.39, 0.29) is 18.0 Å². The van der Waals surface area contributed by atoms with E-state index < -0.39 is 0 Å². The smallest absolute Gasteiger partial charge is 0.313 e. The zero-order valence-electron chi connectivity index (χ0n) is 11.5. The summed E-state index contributed by atoms with van der Waals surface area (Å²) in [5.41, 5.74) is 1.01. The van der Waals surface area contributed by atoms with E-state index in [0.29, 0.717) is 24.3 Å². The molecule has 3 aliphatic rings. The highest BCUT2D eigenvalue weighted by Gasteiger charge is 2.59. The Bertz CT molecular complexity index is 502. The summed E-state index contributed by atoms with van der Waals surface area (Å²) < 4.78 is 11.3. The van der Waals surface area contributed by atoms with Crippen LogP contribution in [0.5, 0.6) is 0 Å². The fraction of sp³-hybridized carbons (Fsp3) is 0.562. The predicted octanol–water partition coefficient (Wildman–Crippen LogP) is 1.60. The molecule has 5 atom stereocenters. The van der Waals surface area contributed by atoms with Gasteiger partial charge >= 0.3 is 5.97 Å². The molecule has 0 saturated carbocycles. The van der Waals surface area contributed by atoms with Gasteiger partial charge in [-0.05, 0) is 12.5 Å². The first-order valence-electron chi connectivity index (χ1n) is 7.39. The van der Waals surface area contributed by atoms with Gasteiger partial charge in [-0.2, -0.15) is 0 Å². The summed E-state index contributed by atoms with van der Waals surface area (Å²) in [4.78, 5) is 12.3. The third-order valence-corrected chi connectivity index (χ3v) is 4.75. The van der Waals surface area contributed by atoms with E-state index in [1.807, 2.05) is 37.3 Å². The van der Waals surface area contributed by atoms with E-state index in [4.69, 9.17) is 9.47 Å². The lowest BCUT2D eigenvalue weighted by molar-refractivity contribution is -0.152. The van der Waals surface area contributed by atoms with Gasteiger partial charge in [0.05, 0.1) is 5.92 Å². The zero-order valence-corrected chi connectivity index (χ0v) is 11.5. The molecule has 3 fully saturated rings. The maximum absolute atomic E-state index is 12.3. The molecule has 4 rings (SSSR count). The Morgan fingerprint density at radius 2 is 1.90 bits per heavy atom. The van der Waals surface area contributed by atoms with Crippen LogP contribution in [0.3, 0.4) is 0 Å². The molecule has 3 heterocycles. The molecule has 0 aliphatic carbocycles. The fourth-order valence-corrected chi connectivity index (χ4v) is 3.56. The lowest BCUT2D eigenvalue weighted by atomic mass is 9.99. The summed E-state index contributed by atoms with van der Waals surface area (Å²) in [6.45, 7) is 1.91. The van der Waals surface area contributed by atoms with Gasteiger partial charge in [0.15, 0.2) is 0 Å². The van der Waals surface area contributed by atoms with E-state index in [1.165, 1.54) is 0 Å². The van der Waals surface area contributed by atoms with Crippen LogP contribution in [-0.4, -0.2) is 36.4 Å². The van der Waals surface area contributed by atoms with Crippen molar-refractivity contribution in [3.05, 3.63) is 35.9 Å². The number of piperidine rings is 1. The summed E-state index contributed by atoms with van der Waals surface area (Å²) >= 11 is 0. The van der Waals surface area contributed by atoms with Gasteiger partial charge in [0.1, 0.15) is 18.3 Å². The van der Waals surface area contributed by atoms with Crippen LogP contribution in [0.2, 0.25) is 0 Å². The van der Waals surface area contributed by atoms with Crippen molar-refractivity contribution >= 4 is 5.97 Å². The van der Waals surface area contributed by atoms with Gasteiger partial charge in [-0.1, -0.05) is 30.3 Å². The summed E-state index contributed by atoms with van der Waals surface area (Å²) in [6.07, 6.45) is 2.54. The van der Waals surface area contributed by atoms with Gasteiger partial charge in [0.25, 0.3) is 0 Å². The Labute approximate surface area is 118 Å². The zero-order chi connectivity index (χ0) is 13.7. The fourth-order valence-electron chi connectivity index (χ4n) is 3.56. The van der Waals surface area contributed by atoms with Crippen molar-refractivity contribution in [3.8, 4) is 0 Å². The largest absolute Gasteiger partial charge is 0.462 e. The van der Waals surface area contributed by atoms with Crippen LogP contribution in [-0.2, 0) is 14.3 Å². The minimum Gasteiger partial charge on any atom is -0.462 e. The number of hydrogen-bond acceptors (Lipinski definition) is 4. The summed E-state index contributed by atoms with van der Waals surface area (Å²) in [7, 11) is 0. The van der Waals surface area contributed by atoms with Crippen molar-refractivity contribution in [1.29, 1.82) is 0 Å². The van der Waals surface area contributed by atoms with Gasteiger partial charge in [-0.25, -0.2) is 0 Å². The van der Waals surface area contributed by atoms with Crippen molar-refractivity contribution < 1.29 is 14.3 Å². The van der Waals surface area contributed by atoms with Crippen molar-refractivity contribution in [1.82, 2.24) is 5.32 Å². The molecule has 1 aromatic carbocycles. The second kappa shape index (κ2) is 4.57. The molecule has 0 radical (unpaired) electrons. The molecule has 20 heavy (non-hydrogen) atoms. The van der Waals surface area contributed by atoms with Gasteiger partial charge in [0, 0.05) is 24.9 Å². The Hall–Kier alpha value is -1.39. The van der Waals surface area contributed by atoms with Crippen molar-refractivity contribution in [2.75, 3.05) is 0 Å². The highest BCUT2D eigenvalue weighted by Crippen LogP contribution is 2.42. The van der Waals surface area contributed by atoms with Crippen LogP contribution < -0.4 is 5.32 Å². The highest BCUT2D eigenvalue weighted by molar-refractivity contribution is 5.77. The average molecular weight is 273 g/mol. The third kappa shape index (κ3) is 2.03. The number of esters is 1. The SMILES string of the molecule is CC(C(=O)OC1CC2NC(C1)C1OC21)c1ccccc1. The molecule has 0 spiro atoms. The molecule has 1 N–H and O–H groups in total. The molecule has 0 amide bonds. The molecule has 4 heteroatoms. The molecule has 5 unspecified atom stereocenters. The quantitative estimate of drug-likeness (QED) is 0.671. The number of benzene rings is 1. The van der Waals surface area contributed by atoms with Gasteiger partial charge < -0.3 is 14.8 Å². The summed E-state index contributed by atoms with van der Waals surface area (Å²) in [5, 5.41) is 3.54. The molecule has 2 bridgehead atoms. The molecule has 0 aromatic heterocycles. The standard InChI is InChI=1S/C16H19NO3/c1-9(10-5-3-2-4-6-10)16(18)19-11-7-12-14-15(20-14)13(8-11)17-12/h2-6,9,11-15,17H,7-8H2,1H3. The highest BCUT2D eigenvalue weighted by atomic mass is 16.6. The van der Waals surface area contributed by atoms with Crippen LogP contribution in [0.15, 0.2) is 30.3 Å². The topological polar surface area (TPSA) is 50.9 Å². The number of rotatable bonds is 3. The van der Waals surface area contributed by atoms with E-state index in [9.17, 15) is 4.79 Å². The van der Waals surface area contributed by atoms with E-state index >= 15 is 0 Å². The maximum atomic E-state index is 12.3. The van der Waals surface area contributed by atoms with Crippen molar-refractivity contribution in [2.45, 2.75) is 56.1 Å². The molecule has 3 saturated heterocycles. The minimum atomic E-state index is -0.200. The first-order valence-corrected chi connectivity index (χ1v) is 7.39. The minimum absolute atomic E-state index is 0.0429. The Balaban J connectivity index is 1.38. The molecule has 3 aliphatic heterocycles. The average Bonchev–Trinajstić information content (AvgIpc) is 3.23. The summed E-state index contributed by atoms with van der Waals surface area (Å²) in [6, 6.07) is 10.6. The number of carbonyl (C=O) groups excluding carboxylic acids is 1. The molecule has 1 aromatic rings. The van der Waals surface area contributed by atoms with Gasteiger partial charge in [-0.3, -0.25) is 4.79 Å². The van der Waals surface area contributed by atoms with Gasteiger partial charge in [-0.15, -0.1) is 0 Å². The number of morpholine rings is 1. The van der Waals surface area contributed by atoms with E-state index in [1.54, 1.807) is 0 Å². The Morgan fingerprint density at radius 1 is 1.25 bits per heavy atom. The number of ether oxygens (including phenoxy) is 2. The second-order valence-corrected chi connectivity index (χ2v) is 6.11. The monoisotopic (exact) mass is 273 g/mol.